The molecule has 8 nitrogen and oxygen atoms in total. The molecule has 1 fully saturated rings. The Morgan fingerprint density at radius 2 is 1.93 bits per heavy atom. The summed E-state index contributed by atoms with van der Waals surface area (Å²) in [7, 11) is -3.85. The van der Waals surface area contributed by atoms with Crippen molar-refractivity contribution in [2.45, 2.75) is 30.1 Å². The number of anilines is 1. The van der Waals surface area contributed by atoms with Crippen molar-refractivity contribution >= 4 is 27.3 Å². The van der Waals surface area contributed by atoms with E-state index in [1.807, 2.05) is 0 Å². The van der Waals surface area contributed by atoms with E-state index in [1.54, 1.807) is 0 Å². The summed E-state index contributed by atoms with van der Waals surface area (Å²) in [6, 6.07) is 6.57. The molecule has 0 unspecified atom stereocenters. The number of primary sulfonamides is 1. The van der Waals surface area contributed by atoms with Gasteiger partial charge < -0.3 is 5.32 Å². The Kier molecular flexibility index (Phi) is 4.35. The van der Waals surface area contributed by atoms with Gasteiger partial charge in [0, 0.05) is 17.3 Å². The van der Waals surface area contributed by atoms with E-state index < -0.39 is 22.4 Å². The van der Waals surface area contributed by atoms with Crippen LogP contribution in [-0.4, -0.2) is 28.9 Å². The first-order chi connectivity index (χ1) is 13.2. The summed E-state index contributed by atoms with van der Waals surface area (Å²) in [4.78, 5) is 16.9. The third-order valence-corrected chi connectivity index (χ3v) is 5.35. The molecule has 1 saturated carbocycles. The Labute approximate surface area is 158 Å². The highest BCUT2D eigenvalue weighted by atomic mass is 32.2. The monoisotopic (exact) mass is 407 g/mol. The van der Waals surface area contributed by atoms with Crippen molar-refractivity contribution < 1.29 is 22.0 Å². The molecular formula is C17H15F2N5O3S. The molecule has 1 amide bonds. The van der Waals surface area contributed by atoms with Gasteiger partial charge in [-0.2, -0.15) is 5.10 Å². The fraction of sp³-hybridized carbons (Fsp3) is 0.235. The van der Waals surface area contributed by atoms with Gasteiger partial charge in [-0.05, 0) is 43.2 Å². The summed E-state index contributed by atoms with van der Waals surface area (Å²) in [5.41, 5.74) is 0.612. The number of fused-ring (bicyclic) bond motifs is 1. The highest BCUT2D eigenvalue weighted by Crippen LogP contribution is 2.40. The van der Waals surface area contributed by atoms with Crippen molar-refractivity contribution in [3.8, 4) is 0 Å². The third kappa shape index (κ3) is 3.45. The molecule has 3 aromatic rings. The topological polar surface area (TPSA) is 119 Å². The number of nitrogens with one attached hydrogen (secondary N) is 1. The van der Waals surface area contributed by atoms with Gasteiger partial charge in [0.1, 0.15) is 11.3 Å². The Morgan fingerprint density at radius 3 is 2.50 bits per heavy atom. The Morgan fingerprint density at radius 1 is 1.25 bits per heavy atom. The van der Waals surface area contributed by atoms with E-state index in [1.165, 1.54) is 36.5 Å². The Balaban J connectivity index is 1.67. The number of hydrogen-bond donors (Lipinski definition) is 2. The van der Waals surface area contributed by atoms with E-state index >= 15 is 0 Å². The van der Waals surface area contributed by atoms with Crippen molar-refractivity contribution in [3.05, 3.63) is 53.5 Å². The predicted molar refractivity (Wildman–Crippen MR) is 95.7 cm³/mol. The number of rotatable bonds is 5. The zero-order chi connectivity index (χ0) is 20.1. The molecule has 1 aliphatic rings. The van der Waals surface area contributed by atoms with Crippen LogP contribution in [0.4, 0.5) is 14.5 Å². The van der Waals surface area contributed by atoms with Gasteiger partial charge in [-0.15, -0.1) is 0 Å². The number of amides is 1. The van der Waals surface area contributed by atoms with E-state index in [4.69, 9.17) is 5.14 Å². The lowest BCUT2D eigenvalue weighted by molar-refractivity contribution is 0.102. The molecule has 1 aromatic carbocycles. The van der Waals surface area contributed by atoms with Crippen LogP contribution in [0.15, 0.2) is 41.4 Å². The number of halogens is 2. The molecule has 2 aromatic heterocycles. The van der Waals surface area contributed by atoms with E-state index in [0.29, 0.717) is 11.4 Å². The average molecular weight is 407 g/mol. The molecule has 0 bridgehead atoms. The largest absolute Gasteiger partial charge is 0.322 e. The van der Waals surface area contributed by atoms with Crippen LogP contribution >= 0.6 is 0 Å². The molecule has 0 spiro atoms. The lowest BCUT2D eigenvalue weighted by Gasteiger charge is -2.08. The smallest absolute Gasteiger partial charge is 0.280 e. The highest BCUT2D eigenvalue weighted by Gasteiger charge is 2.29. The fourth-order valence-electron chi connectivity index (χ4n) is 2.84. The third-order valence-electron chi connectivity index (χ3n) is 4.42. The van der Waals surface area contributed by atoms with E-state index in [0.717, 1.165) is 17.4 Å². The number of nitrogens with two attached hydrogens (primary N) is 1. The second-order valence-corrected chi connectivity index (χ2v) is 8.06. The van der Waals surface area contributed by atoms with E-state index in [-0.39, 0.29) is 27.7 Å². The SMILES string of the molecule is NS(=O)(=O)c1ccc(NC(=O)c2cnn3c(C(F)F)cc(C4CC4)nc23)cc1. The number of nitrogens with zero attached hydrogens (tertiary/aromatic N) is 3. The summed E-state index contributed by atoms with van der Waals surface area (Å²) < 4.78 is 50.4. The second kappa shape index (κ2) is 6.60. The van der Waals surface area contributed by atoms with Crippen LogP contribution < -0.4 is 10.5 Å². The quantitative estimate of drug-likeness (QED) is 0.673. The van der Waals surface area contributed by atoms with Crippen LogP contribution in [0.5, 0.6) is 0 Å². The molecule has 2 heterocycles. The first kappa shape index (κ1) is 18.4. The number of aromatic nitrogens is 3. The molecule has 0 aliphatic heterocycles. The van der Waals surface area contributed by atoms with Gasteiger partial charge in [-0.1, -0.05) is 0 Å². The van der Waals surface area contributed by atoms with Crippen molar-refractivity contribution in [1.29, 1.82) is 0 Å². The molecule has 0 radical (unpaired) electrons. The van der Waals surface area contributed by atoms with E-state index in [2.05, 4.69) is 15.4 Å². The standard InChI is InChI=1S/C17H15F2N5O3S/c18-15(19)14-7-13(9-1-2-9)23-16-12(8-21-24(14)16)17(25)22-10-3-5-11(6-4-10)28(20,26)27/h3-9,15H,1-2H2,(H,22,25)(H2,20,26,27). The first-order valence-corrected chi connectivity index (χ1v) is 9.89. The van der Waals surface area contributed by atoms with Crippen LogP contribution in [0.25, 0.3) is 5.65 Å². The molecule has 4 rings (SSSR count). The summed E-state index contributed by atoms with van der Waals surface area (Å²) in [5.74, 6) is -0.474. The van der Waals surface area contributed by atoms with Crippen molar-refractivity contribution in [2.75, 3.05) is 5.32 Å². The predicted octanol–water partition coefficient (Wildman–Crippen LogP) is 2.44. The molecule has 0 saturated heterocycles. The minimum absolute atomic E-state index is 0.0416. The van der Waals surface area contributed by atoms with Gasteiger partial charge in [-0.25, -0.2) is 31.8 Å². The van der Waals surface area contributed by atoms with Gasteiger partial charge in [0.15, 0.2) is 5.65 Å². The van der Waals surface area contributed by atoms with Gasteiger partial charge in [0.05, 0.1) is 11.1 Å². The summed E-state index contributed by atoms with van der Waals surface area (Å²) >= 11 is 0. The average Bonchev–Trinajstić information content (AvgIpc) is 3.39. The number of hydrogen-bond acceptors (Lipinski definition) is 5. The zero-order valence-electron chi connectivity index (χ0n) is 14.3. The molecule has 11 heteroatoms. The molecule has 1 aliphatic carbocycles. The normalized spacial score (nSPS) is 14.6. The maximum absolute atomic E-state index is 13.4. The number of benzene rings is 1. The zero-order valence-corrected chi connectivity index (χ0v) is 15.2. The van der Waals surface area contributed by atoms with Crippen LogP contribution in [-0.2, 0) is 10.0 Å². The Bertz CT molecular complexity index is 1170. The summed E-state index contributed by atoms with van der Waals surface area (Å²) in [5, 5.41) is 11.5. The maximum Gasteiger partial charge on any atom is 0.280 e. The van der Waals surface area contributed by atoms with Crippen molar-refractivity contribution in [3.63, 3.8) is 0 Å². The van der Waals surface area contributed by atoms with Gasteiger partial charge in [-0.3, -0.25) is 4.79 Å². The van der Waals surface area contributed by atoms with Gasteiger partial charge >= 0.3 is 0 Å². The molecule has 3 N–H and O–H groups in total. The van der Waals surface area contributed by atoms with Crippen LogP contribution in [0.3, 0.4) is 0 Å². The lowest BCUT2D eigenvalue weighted by Crippen LogP contribution is -2.14. The fourth-order valence-corrected chi connectivity index (χ4v) is 3.35. The number of alkyl halides is 2. The lowest BCUT2D eigenvalue weighted by atomic mass is 10.2. The minimum Gasteiger partial charge on any atom is -0.322 e. The van der Waals surface area contributed by atoms with Gasteiger partial charge in [0.25, 0.3) is 12.3 Å². The van der Waals surface area contributed by atoms with Crippen LogP contribution in [0, 0.1) is 0 Å². The molecular weight excluding hydrogens is 392 g/mol. The number of sulfonamides is 1. The number of carbonyl (C=O) groups excluding carboxylic acids is 1. The van der Waals surface area contributed by atoms with Crippen molar-refractivity contribution in [2.24, 2.45) is 5.14 Å². The molecule has 28 heavy (non-hydrogen) atoms. The van der Waals surface area contributed by atoms with Crippen LogP contribution in [0.1, 0.15) is 46.9 Å². The van der Waals surface area contributed by atoms with Gasteiger partial charge in [0.2, 0.25) is 10.0 Å². The van der Waals surface area contributed by atoms with Crippen LogP contribution in [0.2, 0.25) is 0 Å². The minimum atomic E-state index is -3.85. The maximum atomic E-state index is 13.4. The van der Waals surface area contributed by atoms with Crippen molar-refractivity contribution in [1.82, 2.24) is 14.6 Å². The Hall–Kier alpha value is -2.92. The summed E-state index contributed by atoms with van der Waals surface area (Å²) in [6.45, 7) is 0. The first-order valence-electron chi connectivity index (χ1n) is 8.35. The van der Waals surface area contributed by atoms with E-state index in [9.17, 15) is 22.0 Å². The highest BCUT2D eigenvalue weighted by molar-refractivity contribution is 7.89. The molecule has 0 atom stereocenters. The summed E-state index contributed by atoms with van der Waals surface area (Å²) in [6.07, 6.45) is 0.166. The number of carbonyl (C=O) groups is 1. The molecule has 146 valence electrons. The second-order valence-electron chi connectivity index (χ2n) is 6.50.